The molecule has 2 saturated heterocycles. The molecule has 9 atom stereocenters. The van der Waals surface area contributed by atoms with E-state index in [2.05, 4.69) is 12.1 Å². The van der Waals surface area contributed by atoms with E-state index in [1.165, 1.54) is 10.6 Å². The summed E-state index contributed by atoms with van der Waals surface area (Å²) in [6.45, 7) is 8.10. The van der Waals surface area contributed by atoms with Crippen molar-refractivity contribution >= 4 is 26.5 Å². The van der Waals surface area contributed by atoms with Crippen molar-refractivity contribution in [2.75, 3.05) is 0 Å². The van der Waals surface area contributed by atoms with Crippen molar-refractivity contribution < 1.29 is 20.4 Å². The van der Waals surface area contributed by atoms with Crippen LogP contribution in [0, 0.1) is 0 Å². The van der Waals surface area contributed by atoms with Crippen molar-refractivity contribution in [2.24, 2.45) is 0 Å². The lowest BCUT2D eigenvalue weighted by atomic mass is 10.1. The molecule has 0 bridgehead atoms. The Kier molecular flexibility index (Phi) is 5.39. The predicted octanol–water partition coefficient (Wildman–Crippen LogP) is 0.926. The van der Waals surface area contributed by atoms with Crippen molar-refractivity contribution in [3.8, 4) is 0 Å². The minimum atomic E-state index is -0.692. The Labute approximate surface area is 146 Å². The number of benzene rings is 1. The zero-order valence-electron chi connectivity index (χ0n) is 14.6. The van der Waals surface area contributed by atoms with Gasteiger partial charge in [0.05, 0.1) is 24.4 Å². The zero-order valence-corrected chi connectivity index (χ0v) is 16.4. The molecule has 134 valence electrons. The lowest BCUT2D eigenvalue weighted by Crippen LogP contribution is -2.30. The molecule has 0 spiro atoms. The second kappa shape index (κ2) is 6.91. The van der Waals surface area contributed by atoms with E-state index in [9.17, 15) is 20.4 Å². The van der Waals surface area contributed by atoms with E-state index in [-0.39, 0.29) is 22.6 Å². The first-order chi connectivity index (χ1) is 11.3. The molecule has 1 aromatic carbocycles. The summed E-state index contributed by atoms with van der Waals surface area (Å²) in [6, 6.07) is 8.28. The molecule has 2 aliphatic heterocycles. The minimum absolute atomic E-state index is 0.0456. The molecule has 0 amide bonds. The average Bonchev–Trinajstić information content (AvgIpc) is 2.88. The van der Waals surface area contributed by atoms with Crippen LogP contribution in [0.2, 0.25) is 0 Å². The Bertz CT molecular complexity index is 519. The van der Waals surface area contributed by atoms with Crippen LogP contribution in [0.15, 0.2) is 24.3 Å². The summed E-state index contributed by atoms with van der Waals surface area (Å²) in [5, 5.41) is 43.7. The van der Waals surface area contributed by atoms with Crippen molar-refractivity contribution in [2.45, 2.75) is 74.7 Å². The summed E-state index contributed by atoms with van der Waals surface area (Å²) in [5.41, 5.74) is 0.182. The molecule has 2 aliphatic rings. The van der Waals surface area contributed by atoms with Gasteiger partial charge in [0.1, 0.15) is 0 Å². The van der Waals surface area contributed by atoms with Crippen LogP contribution >= 0.6 is 15.8 Å². The quantitative estimate of drug-likeness (QED) is 0.584. The fourth-order valence-corrected chi connectivity index (χ4v) is 11.5. The van der Waals surface area contributed by atoms with Crippen LogP contribution in [0.1, 0.15) is 27.7 Å². The Morgan fingerprint density at radius 1 is 0.583 bits per heavy atom. The Morgan fingerprint density at radius 2 is 0.833 bits per heavy atom. The maximum atomic E-state index is 10.3. The lowest BCUT2D eigenvalue weighted by Gasteiger charge is -2.30. The highest BCUT2D eigenvalue weighted by molar-refractivity contribution is 7.73. The SMILES string of the molecule is CC1[C@@H](O)[C@H](O)[C@H](C)P1c1ccccc1P1[C@@H](C)[C@@H](O)[C@H](O)[C@@H]1C. The van der Waals surface area contributed by atoms with E-state index in [4.69, 9.17) is 0 Å². The summed E-state index contributed by atoms with van der Waals surface area (Å²) < 4.78 is 0. The largest absolute Gasteiger partial charge is 0.390 e. The van der Waals surface area contributed by atoms with Gasteiger partial charge >= 0.3 is 0 Å². The van der Waals surface area contributed by atoms with E-state index in [0.29, 0.717) is 0 Å². The molecule has 0 saturated carbocycles. The third kappa shape index (κ3) is 2.76. The summed E-state index contributed by atoms with van der Waals surface area (Å²) >= 11 is 0. The van der Waals surface area contributed by atoms with Gasteiger partial charge in [-0.15, -0.1) is 0 Å². The number of hydrogen-bond acceptors (Lipinski definition) is 4. The van der Waals surface area contributed by atoms with Gasteiger partial charge in [-0.25, -0.2) is 0 Å². The first-order valence-electron chi connectivity index (χ1n) is 8.65. The smallest absolute Gasteiger partial charge is 0.0872 e. The van der Waals surface area contributed by atoms with Gasteiger partial charge in [0, 0.05) is 22.6 Å². The van der Waals surface area contributed by atoms with Crippen LogP contribution in [0.4, 0.5) is 0 Å². The minimum Gasteiger partial charge on any atom is -0.390 e. The van der Waals surface area contributed by atoms with Crippen molar-refractivity contribution in [3.05, 3.63) is 24.3 Å². The molecule has 0 aliphatic carbocycles. The molecule has 0 aromatic heterocycles. The van der Waals surface area contributed by atoms with E-state index in [1.807, 2.05) is 39.8 Å². The highest BCUT2D eigenvalue weighted by Gasteiger charge is 2.49. The lowest BCUT2D eigenvalue weighted by molar-refractivity contribution is 0.0327. The van der Waals surface area contributed by atoms with Gasteiger partial charge in [0.25, 0.3) is 0 Å². The molecule has 4 nitrogen and oxygen atoms in total. The van der Waals surface area contributed by atoms with Crippen molar-refractivity contribution in [3.63, 3.8) is 0 Å². The molecule has 2 fully saturated rings. The molecule has 1 aromatic rings. The first kappa shape index (κ1) is 18.7. The third-order valence-electron chi connectivity index (χ3n) is 5.87. The maximum Gasteiger partial charge on any atom is 0.0872 e. The Hall–Kier alpha value is -0.0800. The van der Waals surface area contributed by atoms with Crippen LogP contribution in [0.3, 0.4) is 0 Å². The highest BCUT2D eigenvalue weighted by atomic mass is 31.1. The molecule has 24 heavy (non-hydrogen) atoms. The van der Waals surface area contributed by atoms with E-state index in [0.717, 1.165) is 0 Å². The number of aliphatic hydroxyl groups excluding tert-OH is 4. The van der Waals surface area contributed by atoms with Gasteiger partial charge in [-0.2, -0.15) is 0 Å². The third-order valence-corrected chi connectivity index (χ3v) is 12.7. The molecule has 2 unspecified atom stereocenters. The fourth-order valence-electron chi connectivity index (χ4n) is 4.32. The van der Waals surface area contributed by atoms with Crippen molar-refractivity contribution in [1.82, 2.24) is 0 Å². The Morgan fingerprint density at radius 3 is 1.08 bits per heavy atom. The topological polar surface area (TPSA) is 80.9 Å². The predicted molar refractivity (Wildman–Crippen MR) is 101 cm³/mol. The molecule has 4 N–H and O–H groups in total. The van der Waals surface area contributed by atoms with Crippen LogP contribution in [-0.4, -0.2) is 67.5 Å². The van der Waals surface area contributed by atoms with Gasteiger partial charge in [-0.1, -0.05) is 67.8 Å². The van der Waals surface area contributed by atoms with Crippen LogP contribution < -0.4 is 10.6 Å². The number of hydrogen-bond donors (Lipinski definition) is 4. The molecule has 0 radical (unpaired) electrons. The van der Waals surface area contributed by atoms with Crippen molar-refractivity contribution in [1.29, 1.82) is 0 Å². The standard InChI is InChI=1S/C18H28O4P2/c1-9-15(19)16(20)10(2)23(9)13-7-5-6-8-14(13)24-11(3)17(21)18(22)12(24)4/h5-12,15-22H,1-4H3/t9-,10-,11-,12?,15+,16+,17+,18+,24?/m0/s1. The normalized spacial score (nSPS) is 48.8. The van der Waals surface area contributed by atoms with Gasteiger partial charge in [-0.3, -0.25) is 0 Å². The van der Waals surface area contributed by atoms with E-state index < -0.39 is 40.3 Å². The van der Waals surface area contributed by atoms with Gasteiger partial charge in [0.2, 0.25) is 0 Å². The van der Waals surface area contributed by atoms with Gasteiger partial charge in [0.15, 0.2) is 0 Å². The van der Waals surface area contributed by atoms with E-state index >= 15 is 0 Å². The zero-order chi connectivity index (χ0) is 17.8. The molecule has 2 heterocycles. The van der Waals surface area contributed by atoms with Gasteiger partial charge < -0.3 is 20.4 Å². The monoisotopic (exact) mass is 370 g/mol. The fraction of sp³-hybridized carbons (Fsp3) is 0.667. The molecule has 3 rings (SSSR count). The molecular formula is C18H28O4P2. The second-order valence-electron chi connectivity index (χ2n) is 7.23. The highest BCUT2D eigenvalue weighted by Crippen LogP contribution is 2.59. The first-order valence-corrected chi connectivity index (χ1v) is 11.6. The molecular weight excluding hydrogens is 342 g/mol. The maximum absolute atomic E-state index is 10.3. The summed E-state index contributed by atoms with van der Waals surface area (Å²) in [7, 11) is -1.38. The van der Waals surface area contributed by atoms with Crippen LogP contribution in [0.25, 0.3) is 0 Å². The number of aliphatic hydroxyl groups is 4. The second-order valence-corrected chi connectivity index (χ2v) is 13.1. The molecule has 6 heteroatoms. The summed E-state index contributed by atoms with van der Waals surface area (Å²) in [5.74, 6) is 0. The van der Waals surface area contributed by atoms with Crippen LogP contribution in [-0.2, 0) is 0 Å². The summed E-state index contributed by atoms with van der Waals surface area (Å²) in [4.78, 5) is 0. The Balaban J connectivity index is 2.04. The average molecular weight is 370 g/mol. The van der Waals surface area contributed by atoms with E-state index in [1.54, 1.807) is 0 Å². The summed E-state index contributed by atoms with van der Waals surface area (Å²) in [6.07, 6.45) is -2.72. The van der Waals surface area contributed by atoms with Crippen LogP contribution in [0.5, 0.6) is 0 Å². The van der Waals surface area contributed by atoms with Gasteiger partial charge in [-0.05, 0) is 10.6 Å². The number of rotatable bonds is 2.